The first-order valence-electron chi connectivity index (χ1n) is 10.1. The first kappa shape index (κ1) is 22.5. The molecule has 0 spiro atoms. The van der Waals surface area contributed by atoms with Crippen molar-refractivity contribution < 1.29 is 19.4 Å². The zero-order valence-corrected chi connectivity index (χ0v) is 17.8. The SMILES string of the molecule is CCN(CC)CC(=O)N1CCOc2ccc(OCC(O)CNC(C)(C)C)cc21. The van der Waals surface area contributed by atoms with Crippen LogP contribution in [0.25, 0.3) is 0 Å². The zero-order valence-electron chi connectivity index (χ0n) is 17.8. The second-order valence-electron chi connectivity index (χ2n) is 8.08. The minimum Gasteiger partial charge on any atom is -0.491 e. The molecule has 0 saturated heterocycles. The van der Waals surface area contributed by atoms with Crippen LogP contribution in [0.15, 0.2) is 18.2 Å². The molecule has 2 rings (SSSR count). The highest BCUT2D eigenvalue weighted by Gasteiger charge is 2.25. The predicted octanol–water partition coefficient (Wildman–Crippen LogP) is 1.88. The number of likely N-dealkylation sites (N-methyl/N-ethyl adjacent to an activating group) is 1. The Hall–Kier alpha value is -1.83. The molecule has 1 unspecified atom stereocenters. The lowest BCUT2D eigenvalue weighted by atomic mass is 10.1. The molecular weight excluding hydrogens is 358 g/mol. The number of rotatable bonds is 9. The van der Waals surface area contributed by atoms with E-state index in [2.05, 4.69) is 24.1 Å². The fourth-order valence-electron chi connectivity index (χ4n) is 2.95. The Morgan fingerprint density at radius 3 is 2.71 bits per heavy atom. The molecule has 1 aromatic carbocycles. The summed E-state index contributed by atoms with van der Waals surface area (Å²) in [6.07, 6.45) is -0.619. The Kier molecular flexibility index (Phi) is 8.10. The molecule has 0 radical (unpaired) electrons. The maximum atomic E-state index is 12.8. The lowest BCUT2D eigenvalue weighted by Crippen LogP contribution is -2.44. The summed E-state index contributed by atoms with van der Waals surface area (Å²) in [5, 5.41) is 13.4. The highest BCUT2D eigenvalue weighted by atomic mass is 16.5. The van der Waals surface area contributed by atoms with Gasteiger partial charge in [-0.05, 0) is 46.0 Å². The van der Waals surface area contributed by atoms with Crippen LogP contribution in [-0.4, -0.2) is 73.5 Å². The number of hydrogen-bond donors (Lipinski definition) is 2. The van der Waals surface area contributed by atoms with Gasteiger partial charge in [-0.1, -0.05) is 13.8 Å². The van der Waals surface area contributed by atoms with E-state index in [-0.39, 0.29) is 18.1 Å². The first-order valence-corrected chi connectivity index (χ1v) is 10.1. The molecular formula is C21H35N3O4. The van der Waals surface area contributed by atoms with Gasteiger partial charge < -0.3 is 24.8 Å². The van der Waals surface area contributed by atoms with E-state index in [1.54, 1.807) is 11.0 Å². The van der Waals surface area contributed by atoms with E-state index >= 15 is 0 Å². The number of nitrogens with one attached hydrogen (secondary N) is 1. The lowest BCUT2D eigenvalue weighted by molar-refractivity contribution is -0.119. The van der Waals surface area contributed by atoms with Gasteiger partial charge in [-0.15, -0.1) is 0 Å². The van der Waals surface area contributed by atoms with Crippen LogP contribution in [0.1, 0.15) is 34.6 Å². The minimum atomic E-state index is -0.619. The lowest BCUT2D eigenvalue weighted by Gasteiger charge is -2.31. The molecule has 1 atom stereocenters. The number of benzene rings is 1. The van der Waals surface area contributed by atoms with Crippen LogP contribution >= 0.6 is 0 Å². The van der Waals surface area contributed by atoms with Crippen molar-refractivity contribution >= 4 is 11.6 Å². The molecule has 0 fully saturated rings. The topological polar surface area (TPSA) is 74.3 Å². The number of nitrogens with zero attached hydrogens (tertiary/aromatic N) is 2. The zero-order chi connectivity index (χ0) is 20.7. The van der Waals surface area contributed by atoms with Crippen LogP contribution in [0.4, 0.5) is 5.69 Å². The van der Waals surface area contributed by atoms with Crippen LogP contribution in [0, 0.1) is 0 Å². The van der Waals surface area contributed by atoms with Crippen LogP contribution in [-0.2, 0) is 4.79 Å². The van der Waals surface area contributed by atoms with Crippen molar-refractivity contribution in [3.05, 3.63) is 18.2 Å². The number of hydrogen-bond acceptors (Lipinski definition) is 6. The van der Waals surface area contributed by atoms with E-state index in [1.807, 2.05) is 32.9 Å². The highest BCUT2D eigenvalue weighted by molar-refractivity contribution is 5.96. The van der Waals surface area contributed by atoms with Crippen LogP contribution in [0.3, 0.4) is 0 Å². The van der Waals surface area contributed by atoms with Gasteiger partial charge in [0.05, 0.1) is 18.8 Å². The van der Waals surface area contributed by atoms with Crippen molar-refractivity contribution in [1.82, 2.24) is 10.2 Å². The molecule has 0 saturated carbocycles. The molecule has 7 nitrogen and oxygen atoms in total. The van der Waals surface area contributed by atoms with Gasteiger partial charge in [0.2, 0.25) is 5.91 Å². The number of β-amino-alcohol motifs (C(OH)–C–C–N with tert-alkyl or cyclic N) is 1. The average Bonchev–Trinajstić information content (AvgIpc) is 2.67. The predicted molar refractivity (Wildman–Crippen MR) is 111 cm³/mol. The molecule has 0 bridgehead atoms. The van der Waals surface area contributed by atoms with Crippen molar-refractivity contribution in [3.8, 4) is 11.5 Å². The highest BCUT2D eigenvalue weighted by Crippen LogP contribution is 2.35. The summed E-state index contributed by atoms with van der Waals surface area (Å²) >= 11 is 0. The van der Waals surface area contributed by atoms with Gasteiger partial charge in [-0.25, -0.2) is 0 Å². The van der Waals surface area contributed by atoms with Gasteiger partial charge in [-0.3, -0.25) is 9.69 Å². The number of carbonyl (C=O) groups is 1. The normalized spacial score (nSPS) is 15.2. The third kappa shape index (κ3) is 6.65. The molecule has 0 aromatic heterocycles. The van der Waals surface area contributed by atoms with E-state index in [9.17, 15) is 9.90 Å². The molecule has 1 heterocycles. The second kappa shape index (κ2) is 10.1. The molecule has 28 heavy (non-hydrogen) atoms. The largest absolute Gasteiger partial charge is 0.491 e. The molecule has 158 valence electrons. The Morgan fingerprint density at radius 1 is 1.36 bits per heavy atom. The number of anilines is 1. The number of carbonyl (C=O) groups excluding carboxylic acids is 1. The van der Waals surface area contributed by atoms with Crippen molar-refractivity contribution in [2.45, 2.75) is 46.3 Å². The second-order valence-corrected chi connectivity index (χ2v) is 8.08. The number of amides is 1. The van der Waals surface area contributed by atoms with Gasteiger partial charge in [0, 0.05) is 18.2 Å². The fourth-order valence-corrected chi connectivity index (χ4v) is 2.95. The van der Waals surface area contributed by atoms with Crippen molar-refractivity contribution in [3.63, 3.8) is 0 Å². The van der Waals surface area contributed by atoms with Crippen LogP contribution in [0.2, 0.25) is 0 Å². The number of ether oxygens (including phenoxy) is 2. The van der Waals surface area contributed by atoms with Crippen molar-refractivity contribution in [1.29, 1.82) is 0 Å². The van der Waals surface area contributed by atoms with Crippen LogP contribution in [0.5, 0.6) is 11.5 Å². The van der Waals surface area contributed by atoms with E-state index in [4.69, 9.17) is 9.47 Å². The minimum absolute atomic E-state index is 0.0554. The van der Waals surface area contributed by atoms with E-state index in [0.29, 0.717) is 37.7 Å². The molecule has 1 aliphatic rings. The van der Waals surface area contributed by atoms with Crippen molar-refractivity contribution in [2.24, 2.45) is 0 Å². The number of aliphatic hydroxyl groups is 1. The molecule has 1 aliphatic heterocycles. The summed E-state index contributed by atoms with van der Waals surface area (Å²) in [4.78, 5) is 16.6. The van der Waals surface area contributed by atoms with E-state index in [1.165, 1.54) is 0 Å². The Balaban J connectivity index is 2.02. The Bertz CT molecular complexity index is 641. The summed E-state index contributed by atoms with van der Waals surface area (Å²) in [7, 11) is 0. The third-order valence-corrected chi connectivity index (χ3v) is 4.66. The fraction of sp³-hybridized carbons (Fsp3) is 0.667. The summed E-state index contributed by atoms with van der Waals surface area (Å²) in [5.74, 6) is 1.35. The summed E-state index contributed by atoms with van der Waals surface area (Å²) < 4.78 is 11.5. The average molecular weight is 394 g/mol. The van der Waals surface area contributed by atoms with E-state index < -0.39 is 6.10 Å². The van der Waals surface area contributed by atoms with Gasteiger partial charge in [0.1, 0.15) is 30.8 Å². The monoisotopic (exact) mass is 393 g/mol. The quantitative estimate of drug-likeness (QED) is 0.667. The molecule has 2 N–H and O–H groups in total. The number of fused-ring (bicyclic) bond motifs is 1. The third-order valence-electron chi connectivity index (χ3n) is 4.66. The summed E-state index contributed by atoms with van der Waals surface area (Å²) in [6.45, 7) is 13.9. The Labute approximate surface area is 168 Å². The van der Waals surface area contributed by atoms with Gasteiger partial charge in [0.15, 0.2) is 0 Å². The van der Waals surface area contributed by atoms with Crippen LogP contribution < -0.4 is 19.7 Å². The first-order chi connectivity index (χ1) is 13.2. The smallest absolute Gasteiger partial charge is 0.241 e. The molecule has 1 amide bonds. The number of aliphatic hydroxyl groups excluding tert-OH is 1. The molecule has 1 aromatic rings. The standard InChI is InChI=1S/C21H35N3O4/c1-6-23(7-2)14-20(26)24-10-11-27-19-9-8-17(12-18(19)24)28-15-16(25)13-22-21(3,4)5/h8-9,12,16,22,25H,6-7,10-11,13-15H2,1-5H3. The van der Waals surface area contributed by atoms with Crippen molar-refractivity contribution in [2.75, 3.05) is 50.8 Å². The van der Waals surface area contributed by atoms with E-state index in [0.717, 1.165) is 18.8 Å². The summed E-state index contributed by atoms with van der Waals surface area (Å²) in [6, 6.07) is 5.45. The maximum absolute atomic E-state index is 12.8. The van der Waals surface area contributed by atoms with Gasteiger partial charge in [-0.2, -0.15) is 0 Å². The molecule has 0 aliphatic carbocycles. The summed E-state index contributed by atoms with van der Waals surface area (Å²) in [5.41, 5.74) is 0.666. The molecule has 7 heteroatoms. The van der Waals surface area contributed by atoms with Gasteiger partial charge in [0.25, 0.3) is 0 Å². The maximum Gasteiger partial charge on any atom is 0.241 e. The van der Waals surface area contributed by atoms with Gasteiger partial charge >= 0.3 is 0 Å². The Morgan fingerprint density at radius 2 is 2.07 bits per heavy atom.